The van der Waals surface area contributed by atoms with Crippen LogP contribution in [-0.4, -0.2) is 34.7 Å². The van der Waals surface area contributed by atoms with Crippen LogP contribution in [0.25, 0.3) is 0 Å². The van der Waals surface area contributed by atoms with Crippen LogP contribution in [0.4, 0.5) is 0 Å². The number of aliphatic carboxylic acids is 1. The Kier molecular flexibility index (Phi) is 7.02. The van der Waals surface area contributed by atoms with Crippen molar-refractivity contribution in [1.29, 1.82) is 0 Å². The lowest BCUT2D eigenvalue weighted by atomic mass is 10.0. The largest absolute Gasteiger partial charge is 0.508 e. The van der Waals surface area contributed by atoms with Gasteiger partial charge in [0, 0.05) is 12.8 Å². The molecule has 2 rings (SSSR count). The van der Waals surface area contributed by atoms with Crippen LogP contribution < -0.4 is 10.1 Å². The Morgan fingerprint density at radius 3 is 2.23 bits per heavy atom. The zero-order chi connectivity index (χ0) is 18.9. The SMILES string of the molecule is CCOc1ccc(C[C@H](NC(=O)CCc2ccc(O)cc2)C(=O)O)cc1. The van der Waals surface area contributed by atoms with E-state index < -0.39 is 12.0 Å². The van der Waals surface area contributed by atoms with Gasteiger partial charge in [-0.2, -0.15) is 0 Å². The second-order valence-corrected chi connectivity index (χ2v) is 5.91. The number of phenolic OH excluding ortho intramolecular Hbond substituents is 1. The molecule has 6 heteroatoms. The minimum absolute atomic E-state index is 0.166. The van der Waals surface area contributed by atoms with Gasteiger partial charge in [-0.15, -0.1) is 0 Å². The van der Waals surface area contributed by atoms with Crippen LogP contribution >= 0.6 is 0 Å². The van der Waals surface area contributed by atoms with Gasteiger partial charge in [-0.3, -0.25) is 4.79 Å². The lowest BCUT2D eigenvalue weighted by molar-refractivity contribution is -0.141. The molecule has 0 saturated heterocycles. The first-order valence-electron chi connectivity index (χ1n) is 8.49. The summed E-state index contributed by atoms with van der Waals surface area (Å²) in [6, 6.07) is 12.7. The Morgan fingerprint density at radius 1 is 1.04 bits per heavy atom. The third-order valence-corrected chi connectivity index (χ3v) is 3.88. The van der Waals surface area contributed by atoms with Crippen molar-refractivity contribution in [2.45, 2.75) is 32.2 Å². The smallest absolute Gasteiger partial charge is 0.326 e. The summed E-state index contributed by atoms with van der Waals surface area (Å²) in [5.41, 5.74) is 1.70. The number of aryl methyl sites for hydroxylation is 1. The molecule has 2 aromatic rings. The van der Waals surface area contributed by atoms with Gasteiger partial charge in [0.2, 0.25) is 5.91 Å². The van der Waals surface area contributed by atoms with E-state index in [1.54, 1.807) is 48.5 Å². The summed E-state index contributed by atoms with van der Waals surface area (Å²) in [6.45, 7) is 2.45. The maximum absolute atomic E-state index is 12.1. The molecule has 2 aromatic carbocycles. The van der Waals surface area contributed by atoms with Gasteiger partial charge in [-0.1, -0.05) is 24.3 Å². The highest BCUT2D eigenvalue weighted by molar-refractivity contribution is 5.83. The fraction of sp³-hybridized carbons (Fsp3) is 0.300. The second kappa shape index (κ2) is 9.46. The average Bonchev–Trinajstić information content (AvgIpc) is 2.62. The molecule has 6 nitrogen and oxygen atoms in total. The zero-order valence-electron chi connectivity index (χ0n) is 14.6. The minimum atomic E-state index is -1.07. The van der Waals surface area contributed by atoms with Crippen molar-refractivity contribution in [3.05, 3.63) is 59.7 Å². The summed E-state index contributed by atoms with van der Waals surface area (Å²) in [6.07, 6.45) is 0.853. The number of carboxylic acid groups (broad SMARTS) is 1. The van der Waals surface area contributed by atoms with Crippen LogP contribution in [0.1, 0.15) is 24.5 Å². The number of carboxylic acids is 1. The van der Waals surface area contributed by atoms with Gasteiger partial charge in [0.05, 0.1) is 6.61 Å². The van der Waals surface area contributed by atoms with E-state index in [1.807, 2.05) is 6.92 Å². The molecule has 0 saturated carbocycles. The van der Waals surface area contributed by atoms with Gasteiger partial charge < -0.3 is 20.3 Å². The molecule has 0 bridgehead atoms. The molecule has 0 aliphatic carbocycles. The van der Waals surface area contributed by atoms with Crippen molar-refractivity contribution in [2.75, 3.05) is 6.61 Å². The van der Waals surface area contributed by atoms with E-state index >= 15 is 0 Å². The summed E-state index contributed by atoms with van der Waals surface area (Å²) in [5, 5.41) is 21.2. The Morgan fingerprint density at radius 2 is 1.65 bits per heavy atom. The molecule has 0 aliphatic heterocycles. The van der Waals surface area contributed by atoms with E-state index in [-0.39, 0.29) is 24.5 Å². The third kappa shape index (κ3) is 6.12. The van der Waals surface area contributed by atoms with Crippen LogP contribution in [0.3, 0.4) is 0 Å². The number of carbonyl (C=O) groups excluding carboxylic acids is 1. The van der Waals surface area contributed by atoms with Crippen LogP contribution in [-0.2, 0) is 22.4 Å². The fourth-order valence-corrected chi connectivity index (χ4v) is 2.51. The number of hydrogen-bond acceptors (Lipinski definition) is 4. The highest BCUT2D eigenvalue weighted by atomic mass is 16.5. The Labute approximate surface area is 152 Å². The van der Waals surface area contributed by atoms with Gasteiger partial charge in [0.15, 0.2) is 0 Å². The van der Waals surface area contributed by atoms with Crippen molar-refractivity contribution < 1.29 is 24.5 Å². The van der Waals surface area contributed by atoms with Crippen molar-refractivity contribution in [3.63, 3.8) is 0 Å². The first-order valence-corrected chi connectivity index (χ1v) is 8.49. The van der Waals surface area contributed by atoms with Gasteiger partial charge in [-0.25, -0.2) is 4.79 Å². The van der Waals surface area contributed by atoms with Gasteiger partial charge in [0.1, 0.15) is 17.5 Å². The predicted molar refractivity (Wildman–Crippen MR) is 97.3 cm³/mol. The highest BCUT2D eigenvalue weighted by Gasteiger charge is 2.20. The quantitative estimate of drug-likeness (QED) is 0.641. The van der Waals surface area contributed by atoms with E-state index in [1.165, 1.54) is 0 Å². The molecule has 3 N–H and O–H groups in total. The van der Waals surface area contributed by atoms with E-state index in [4.69, 9.17) is 4.74 Å². The van der Waals surface area contributed by atoms with Crippen molar-refractivity contribution in [2.24, 2.45) is 0 Å². The number of rotatable bonds is 9. The number of benzene rings is 2. The van der Waals surface area contributed by atoms with Gasteiger partial charge in [-0.05, 0) is 48.7 Å². The molecule has 0 spiro atoms. The normalized spacial score (nSPS) is 11.6. The molecule has 1 atom stereocenters. The topological polar surface area (TPSA) is 95.9 Å². The van der Waals surface area contributed by atoms with Crippen LogP contribution in [0.15, 0.2) is 48.5 Å². The van der Waals surface area contributed by atoms with Crippen LogP contribution in [0, 0.1) is 0 Å². The minimum Gasteiger partial charge on any atom is -0.508 e. The molecular formula is C20H23NO5. The molecule has 1 amide bonds. The number of aromatic hydroxyl groups is 1. The first-order chi connectivity index (χ1) is 12.5. The monoisotopic (exact) mass is 357 g/mol. The fourth-order valence-electron chi connectivity index (χ4n) is 2.51. The number of ether oxygens (including phenoxy) is 1. The summed E-state index contributed by atoms with van der Waals surface area (Å²) >= 11 is 0. The molecule has 138 valence electrons. The molecule has 0 aliphatic rings. The Balaban J connectivity index is 1.89. The zero-order valence-corrected chi connectivity index (χ0v) is 14.6. The molecule has 0 unspecified atom stereocenters. The Hall–Kier alpha value is -3.02. The van der Waals surface area contributed by atoms with E-state index in [0.717, 1.165) is 16.9 Å². The van der Waals surface area contributed by atoms with Gasteiger partial charge >= 0.3 is 5.97 Å². The van der Waals surface area contributed by atoms with E-state index in [2.05, 4.69) is 5.32 Å². The number of phenols is 1. The molecule has 26 heavy (non-hydrogen) atoms. The van der Waals surface area contributed by atoms with Crippen molar-refractivity contribution >= 4 is 11.9 Å². The molecule has 0 radical (unpaired) electrons. The van der Waals surface area contributed by atoms with Gasteiger partial charge in [0.25, 0.3) is 0 Å². The maximum atomic E-state index is 12.1. The maximum Gasteiger partial charge on any atom is 0.326 e. The lowest BCUT2D eigenvalue weighted by Crippen LogP contribution is -2.42. The number of nitrogens with one attached hydrogen (secondary N) is 1. The standard InChI is InChI=1S/C20H23NO5/c1-2-26-17-10-5-15(6-11-17)13-18(20(24)25)21-19(23)12-7-14-3-8-16(22)9-4-14/h3-6,8-11,18,22H,2,7,12-13H2,1H3,(H,21,23)(H,24,25)/t18-/m0/s1. The summed E-state index contributed by atoms with van der Waals surface area (Å²) in [5.74, 6) is -0.506. The lowest BCUT2D eigenvalue weighted by Gasteiger charge is -2.15. The van der Waals surface area contributed by atoms with Crippen molar-refractivity contribution in [1.82, 2.24) is 5.32 Å². The third-order valence-electron chi connectivity index (χ3n) is 3.88. The average molecular weight is 357 g/mol. The number of hydrogen-bond donors (Lipinski definition) is 3. The first kappa shape index (κ1) is 19.3. The van der Waals surface area contributed by atoms with E-state index in [9.17, 15) is 19.8 Å². The predicted octanol–water partition coefficient (Wildman–Crippen LogP) is 2.54. The molecular weight excluding hydrogens is 334 g/mol. The number of carbonyl (C=O) groups is 2. The van der Waals surface area contributed by atoms with Crippen LogP contribution in [0.5, 0.6) is 11.5 Å². The molecule has 0 aromatic heterocycles. The highest BCUT2D eigenvalue weighted by Crippen LogP contribution is 2.14. The van der Waals surface area contributed by atoms with Crippen LogP contribution in [0.2, 0.25) is 0 Å². The summed E-state index contributed by atoms with van der Waals surface area (Å²) in [7, 11) is 0. The molecule has 0 fully saturated rings. The second-order valence-electron chi connectivity index (χ2n) is 5.91. The van der Waals surface area contributed by atoms with Crippen molar-refractivity contribution in [3.8, 4) is 11.5 Å². The summed E-state index contributed by atoms with van der Waals surface area (Å²) in [4.78, 5) is 23.5. The summed E-state index contributed by atoms with van der Waals surface area (Å²) < 4.78 is 5.36. The number of amides is 1. The molecule has 0 heterocycles. The van der Waals surface area contributed by atoms with E-state index in [0.29, 0.717) is 13.0 Å². The Bertz CT molecular complexity index is 725.